The number of methoxy groups -OCH3 is 2. The second kappa shape index (κ2) is 16.3. The normalized spacial score (nSPS) is 30.3. The van der Waals surface area contributed by atoms with Crippen molar-refractivity contribution in [1.29, 1.82) is 0 Å². The Morgan fingerprint density at radius 3 is 2.36 bits per heavy atom. The van der Waals surface area contributed by atoms with Crippen LogP contribution < -0.4 is 10.6 Å². The molecule has 0 spiro atoms. The quantitative estimate of drug-likeness (QED) is 0.249. The lowest BCUT2D eigenvalue weighted by atomic mass is 9.85. The Labute approximate surface area is 264 Å². The van der Waals surface area contributed by atoms with Crippen molar-refractivity contribution in [3.63, 3.8) is 0 Å². The van der Waals surface area contributed by atoms with Crippen molar-refractivity contribution < 1.29 is 38.5 Å². The van der Waals surface area contributed by atoms with Gasteiger partial charge in [-0.2, -0.15) is 0 Å². The van der Waals surface area contributed by atoms with Crippen LogP contribution in [0.15, 0.2) is 88.8 Å². The largest absolute Gasteiger partial charge is 0.455 e. The van der Waals surface area contributed by atoms with Gasteiger partial charge in [0.25, 0.3) is 5.91 Å². The molecule has 0 radical (unpaired) electrons. The van der Waals surface area contributed by atoms with Crippen LogP contribution in [0, 0.1) is 11.8 Å². The number of aliphatic hydroxyl groups is 1. The van der Waals surface area contributed by atoms with E-state index in [1.165, 1.54) is 27.2 Å². The van der Waals surface area contributed by atoms with Crippen LogP contribution in [0.5, 0.6) is 0 Å². The number of benzene rings is 1. The van der Waals surface area contributed by atoms with E-state index in [1.807, 2.05) is 38.1 Å². The van der Waals surface area contributed by atoms with E-state index >= 15 is 0 Å². The number of ether oxygens (including phenoxy) is 3. The van der Waals surface area contributed by atoms with E-state index in [-0.39, 0.29) is 34.9 Å². The molecule has 1 aromatic rings. The fourth-order valence-electron chi connectivity index (χ4n) is 5.44. The second-order valence-corrected chi connectivity index (χ2v) is 11.6. The van der Waals surface area contributed by atoms with Crippen LogP contribution in [0.4, 0.5) is 5.69 Å². The lowest BCUT2D eigenvalue weighted by molar-refractivity contribution is -0.149. The number of rotatable bonds is 5. The molecule has 1 aliphatic carbocycles. The Hall–Kier alpha value is -4.12. The highest BCUT2D eigenvalue weighted by Crippen LogP contribution is 2.30. The number of carbonyl (C=O) groups excluding carboxylic acids is 4. The Bertz CT molecular complexity index is 1420. The number of hydrogen-bond acceptors (Lipinski definition) is 9. The van der Waals surface area contributed by atoms with Gasteiger partial charge in [0.15, 0.2) is 6.10 Å². The first-order valence-corrected chi connectivity index (χ1v) is 15.0. The van der Waals surface area contributed by atoms with Gasteiger partial charge in [0.05, 0.1) is 23.6 Å². The van der Waals surface area contributed by atoms with Gasteiger partial charge in [-0.15, -0.1) is 0 Å². The topological polar surface area (TPSA) is 140 Å². The SMILES string of the molecule is CO[C@@H]1/C=C\C=C(/C)C(=O)NC2=CC(=O)C(Nc3ccccc3)=C(C[C@@H](C)C[C@@H](OC)[C@@H](O)[C@H](C)/C=C(\C)[C@H]1OC(C)=O)C2=O. The predicted octanol–water partition coefficient (Wildman–Crippen LogP) is 4.34. The van der Waals surface area contributed by atoms with Gasteiger partial charge in [-0.05, 0) is 50.3 Å². The summed E-state index contributed by atoms with van der Waals surface area (Å²) < 4.78 is 16.9. The Balaban J connectivity index is 2.09. The predicted molar refractivity (Wildman–Crippen MR) is 171 cm³/mol. The smallest absolute Gasteiger partial charge is 0.303 e. The lowest BCUT2D eigenvalue weighted by Crippen LogP contribution is -2.37. The van der Waals surface area contributed by atoms with E-state index in [0.717, 1.165) is 6.08 Å². The highest BCUT2D eigenvalue weighted by molar-refractivity contribution is 6.24. The molecule has 1 amide bonds. The molecule has 10 nitrogen and oxygen atoms in total. The third-order valence-electron chi connectivity index (χ3n) is 7.89. The molecule has 3 N–H and O–H groups in total. The van der Waals surface area contributed by atoms with E-state index in [9.17, 15) is 24.3 Å². The molecule has 2 bridgehead atoms. The van der Waals surface area contributed by atoms with Crippen LogP contribution in [-0.2, 0) is 33.4 Å². The molecule has 0 saturated carbocycles. The maximum absolute atomic E-state index is 13.8. The van der Waals surface area contributed by atoms with Gasteiger partial charge in [0.1, 0.15) is 6.10 Å². The number of Topliss-reactive ketones (excluding diaryl/α,β-unsaturated/α-hetero) is 1. The zero-order valence-electron chi connectivity index (χ0n) is 27.0. The van der Waals surface area contributed by atoms with Crippen molar-refractivity contribution in [2.24, 2.45) is 11.8 Å². The molecule has 242 valence electrons. The van der Waals surface area contributed by atoms with Gasteiger partial charge in [0, 0.05) is 50.0 Å². The number of para-hydroxylation sites is 1. The number of aliphatic hydroxyl groups excluding tert-OH is 1. The van der Waals surface area contributed by atoms with Crippen LogP contribution >= 0.6 is 0 Å². The van der Waals surface area contributed by atoms with Gasteiger partial charge in [-0.25, -0.2) is 0 Å². The number of anilines is 1. The molecular formula is C35H44N2O8. The van der Waals surface area contributed by atoms with Crippen molar-refractivity contribution in [3.8, 4) is 0 Å². The highest BCUT2D eigenvalue weighted by Gasteiger charge is 2.33. The van der Waals surface area contributed by atoms with Gasteiger partial charge < -0.3 is 30.0 Å². The molecule has 1 heterocycles. The van der Waals surface area contributed by atoms with Crippen LogP contribution in [0.1, 0.15) is 47.5 Å². The minimum Gasteiger partial charge on any atom is -0.455 e. The molecule has 0 unspecified atom stereocenters. The maximum Gasteiger partial charge on any atom is 0.303 e. The number of amides is 1. The molecule has 0 saturated heterocycles. The molecule has 0 fully saturated rings. The molecule has 1 aliphatic heterocycles. The summed E-state index contributed by atoms with van der Waals surface area (Å²) >= 11 is 0. The van der Waals surface area contributed by atoms with E-state index in [4.69, 9.17) is 14.2 Å². The summed E-state index contributed by atoms with van der Waals surface area (Å²) in [6, 6.07) is 9.04. The first-order valence-electron chi connectivity index (χ1n) is 15.0. The number of fused-ring (bicyclic) bond motifs is 2. The summed E-state index contributed by atoms with van der Waals surface area (Å²) in [5.41, 5.74) is 1.82. The van der Waals surface area contributed by atoms with Crippen LogP contribution in [0.25, 0.3) is 0 Å². The molecule has 10 heteroatoms. The molecule has 2 aliphatic rings. The van der Waals surface area contributed by atoms with Gasteiger partial charge in [0.2, 0.25) is 11.6 Å². The monoisotopic (exact) mass is 620 g/mol. The standard InChI is InChI=1S/C35H44N2O8/c1-20-16-26-31(36-25-13-9-8-10-14-25)28(39)19-27(33(26)41)37-35(42)21(2)12-11-15-29(43-6)34(45-24(5)38)23(4)18-22(3)32(40)30(17-20)44-7/h8-15,18-20,22,29-30,32,34,36,40H,16-17H2,1-7H3,(H,37,42)/b15-11-,21-12+,23-18+/t20-,22-,29-,30-,32+,34-/m1/s1. The summed E-state index contributed by atoms with van der Waals surface area (Å²) in [6.07, 6.45) is 5.22. The van der Waals surface area contributed by atoms with Crippen molar-refractivity contribution >= 4 is 29.1 Å². The molecule has 6 atom stereocenters. The third kappa shape index (κ3) is 9.43. The average Bonchev–Trinajstić information content (AvgIpc) is 3.00. The zero-order chi connectivity index (χ0) is 33.3. The molecular weight excluding hydrogens is 576 g/mol. The van der Waals surface area contributed by atoms with E-state index in [1.54, 1.807) is 38.1 Å². The summed E-state index contributed by atoms with van der Waals surface area (Å²) in [5, 5.41) is 17.0. The lowest BCUT2D eigenvalue weighted by Gasteiger charge is -2.30. The third-order valence-corrected chi connectivity index (χ3v) is 7.89. The number of ketones is 2. The molecule has 0 aromatic heterocycles. The number of esters is 1. The first-order chi connectivity index (χ1) is 21.4. The number of nitrogens with one attached hydrogen (secondary N) is 2. The second-order valence-electron chi connectivity index (χ2n) is 11.6. The van der Waals surface area contributed by atoms with E-state index < -0.39 is 53.8 Å². The van der Waals surface area contributed by atoms with Gasteiger partial charge >= 0.3 is 5.97 Å². The number of hydrogen-bond donors (Lipinski definition) is 3. The summed E-state index contributed by atoms with van der Waals surface area (Å²) in [7, 11) is 2.98. The molecule has 3 rings (SSSR count). The van der Waals surface area contributed by atoms with Crippen molar-refractivity contribution in [2.75, 3.05) is 19.5 Å². The van der Waals surface area contributed by atoms with Crippen molar-refractivity contribution in [2.45, 2.75) is 71.9 Å². The molecule has 1 aromatic carbocycles. The zero-order valence-corrected chi connectivity index (χ0v) is 27.0. The van der Waals surface area contributed by atoms with Crippen molar-refractivity contribution in [3.05, 3.63) is 88.8 Å². The Morgan fingerprint density at radius 1 is 1.04 bits per heavy atom. The minimum atomic E-state index is -0.941. The summed E-state index contributed by atoms with van der Waals surface area (Å²) in [5.74, 6) is -2.60. The highest BCUT2D eigenvalue weighted by atomic mass is 16.6. The summed E-state index contributed by atoms with van der Waals surface area (Å²) in [4.78, 5) is 52.3. The Kier molecular flexibility index (Phi) is 12.8. The minimum absolute atomic E-state index is 0.123. The van der Waals surface area contributed by atoms with Crippen LogP contribution in [0.2, 0.25) is 0 Å². The van der Waals surface area contributed by atoms with E-state index in [0.29, 0.717) is 17.7 Å². The van der Waals surface area contributed by atoms with Crippen LogP contribution in [-0.4, -0.2) is 67.2 Å². The van der Waals surface area contributed by atoms with Crippen LogP contribution in [0.3, 0.4) is 0 Å². The fraction of sp³-hybridized carbons (Fsp3) is 0.429. The molecule has 45 heavy (non-hydrogen) atoms. The Morgan fingerprint density at radius 2 is 1.73 bits per heavy atom. The van der Waals surface area contributed by atoms with Crippen molar-refractivity contribution in [1.82, 2.24) is 5.32 Å². The maximum atomic E-state index is 13.8. The van der Waals surface area contributed by atoms with Gasteiger partial charge in [-0.1, -0.05) is 56.4 Å². The average molecular weight is 621 g/mol. The van der Waals surface area contributed by atoms with Gasteiger partial charge in [-0.3, -0.25) is 19.2 Å². The number of allylic oxidation sites excluding steroid dienone is 4. The fourth-order valence-corrected chi connectivity index (χ4v) is 5.44. The first kappa shape index (κ1) is 35.4. The van der Waals surface area contributed by atoms with E-state index in [2.05, 4.69) is 10.6 Å². The summed E-state index contributed by atoms with van der Waals surface area (Å²) in [6.45, 7) is 8.42. The number of carbonyl (C=O) groups is 4.